The molecule has 0 atom stereocenters. The highest BCUT2D eigenvalue weighted by Gasteiger charge is 2.21. The Kier molecular flexibility index (Phi) is 4.04. The SMILES string of the molecule is Cc1cnccc1N1CCC(Oc2ccc(F)cc2)CC1. The first kappa shape index (κ1) is 13.9. The van der Waals surface area contributed by atoms with Crippen LogP contribution < -0.4 is 9.64 Å². The Hall–Kier alpha value is -2.10. The van der Waals surface area contributed by atoms with E-state index in [2.05, 4.69) is 22.9 Å². The highest BCUT2D eigenvalue weighted by Crippen LogP contribution is 2.25. The summed E-state index contributed by atoms with van der Waals surface area (Å²) in [7, 11) is 0. The Balaban J connectivity index is 1.58. The van der Waals surface area contributed by atoms with Crippen molar-refractivity contribution in [3.05, 3.63) is 54.1 Å². The fourth-order valence-electron chi connectivity index (χ4n) is 2.74. The predicted octanol–water partition coefficient (Wildman–Crippen LogP) is 3.58. The fourth-order valence-corrected chi connectivity index (χ4v) is 2.74. The molecule has 0 unspecified atom stereocenters. The van der Waals surface area contributed by atoms with Crippen LogP contribution in [0.3, 0.4) is 0 Å². The van der Waals surface area contributed by atoms with Crippen molar-refractivity contribution in [1.29, 1.82) is 0 Å². The van der Waals surface area contributed by atoms with E-state index in [1.807, 2.05) is 12.4 Å². The van der Waals surface area contributed by atoms with E-state index in [0.717, 1.165) is 31.7 Å². The van der Waals surface area contributed by atoms with E-state index in [4.69, 9.17) is 4.74 Å². The molecule has 1 saturated heterocycles. The average molecular weight is 286 g/mol. The molecular weight excluding hydrogens is 267 g/mol. The maximum atomic E-state index is 12.9. The summed E-state index contributed by atoms with van der Waals surface area (Å²) in [6, 6.07) is 8.31. The van der Waals surface area contributed by atoms with Crippen molar-refractivity contribution in [2.75, 3.05) is 18.0 Å². The van der Waals surface area contributed by atoms with Crippen molar-refractivity contribution in [3.8, 4) is 5.75 Å². The van der Waals surface area contributed by atoms with Crippen LogP contribution in [0.25, 0.3) is 0 Å². The number of benzene rings is 1. The molecule has 0 radical (unpaired) electrons. The molecule has 1 aromatic carbocycles. The number of halogens is 1. The normalized spacial score (nSPS) is 16.0. The van der Waals surface area contributed by atoms with Crippen LogP contribution >= 0.6 is 0 Å². The molecular formula is C17H19FN2O. The minimum atomic E-state index is -0.231. The van der Waals surface area contributed by atoms with E-state index in [1.165, 1.54) is 23.4 Å². The van der Waals surface area contributed by atoms with Crippen LogP contribution in [0.4, 0.5) is 10.1 Å². The summed E-state index contributed by atoms with van der Waals surface area (Å²) in [6.45, 7) is 4.02. The van der Waals surface area contributed by atoms with Crippen molar-refractivity contribution in [2.45, 2.75) is 25.9 Å². The van der Waals surface area contributed by atoms with Crippen LogP contribution in [-0.2, 0) is 0 Å². The Morgan fingerprint density at radius 1 is 1.14 bits per heavy atom. The number of nitrogens with zero attached hydrogens (tertiary/aromatic N) is 2. The molecule has 1 aromatic heterocycles. The van der Waals surface area contributed by atoms with Crippen LogP contribution in [0.1, 0.15) is 18.4 Å². The molecule has 0 amide bonds. The van der Waals surface area contributed by atoms with E-state index >= 15 is 0 Å². The molecule has 1 fully saturated rings. The quantitative estimate of drug-likeness (QED) is 0.862. The highest BCUT2D eigenvalue weighted by molar-refractivity contribution is 5.51. The zero-order valence-electron chi connectivity index (χ0n) is 12.1. The van der Waals surface area contributed by atoms with Crippen LogP contribution in [0, 0.1) is 12.7 Å². The molecule has 1 aliphatic rings. The number of hydrogen-bond acceptors (Lipinski definition) is 3. The molecule has 1 aliphatic heterocycles. The molecule has 21 heavy (non-hydrogen) atoms. The zero-order chi connectivity index (χ0) is 14.7. The number of aromatic nitrogens is 1. The first-order valence-corrected chi connectivity index (χ1v) is 7.30. The number of ether oxygens (including phenoxy) is 1. The Bertz CT molecular complexity index is 592. The lowest BCUT2D eigenvalue weighted by molar-refractivity contribution is 0.170. The maximum absolute atomic E-state index is 12.9. The van der Waals surface area contributed by atoms with E-state index in [9.17, 15) is 4.39 Å². The van der Waals surface area contributed by atoms with Gasteiger partial charge in [0.25, 0.3) is 0 Å². The lowest BCUT2D eigenvalue weighted by Gasteiger charge is -2.34. The highest BCUT2D eigenvalue weighted by atomic mass is 19.1. The average Bonchev–Trinajstić information content (AvgIpc) is 2.51. The van der Waals surface area contributed by atoms with Crippen molar-refractivity contribution < 1.29 is 9.13 Å². The standard InChI is InChI=1S/C17H19FN2O/c1-13-12-19-9-6-17(13)20-10-7-16(8-11-20)21-15-4-2-14(18)3-5-15/h2-6,9,12,16H,7-8,10-11H2,1H3. The maximum Gasteiger partial charge on any atom is 0.123 e. The second-order valence-corrected chi connectivity index (χ2v) is 5.42. The van der Waals surface area contributed by atoms with Gasteiger partial charge in [0.1, 0.15) is 17.7 Å². The molecule has 0 bridgehead atoms. The lowest BCUT2D eigenvalue weighted by Crippen LogP contribution is -2.38. The van der Waals surface area contributed by atoms with Crippen LogP contribution in [0.15, 0.2) is 42.7 Å². The van der Waals surface area contributed by atoms with Gasteiger partial charge in [-0.1, -0.05) is 0 Å². The number of pyridine rings is 1. The minimum absolute atomic E-state index is 0.203. The predicted molar refractivity (Wildman–Crippen MR) is 81.2 cm³/mol. The Labute approximate surface area is 124 Å². The first-order chi connectivity index (χ1) is 10.2. The van der Waals surface area contributed by atoms with Gasteiger partial charge in [0, 0.05) is 44.0 Å². The largest absolute Gasteiger partial charge is 0.490 e. The molecule has 0 spiro atoms. The summed E-state index contributed by atoms with van der Waals surface area (Å²) < 4.78 is 18.8. The minimum Gasteiger partial charge on any atom is -0.490 e. The second-order valence-electron chi connectivity index (χ2n) is 5.42. The van der Waals surface area contributed by atoms with E-state index in [-0.39, 0.29) is 11.9 Å². The summed E-state index contributed by atoms with van der Waals surface area (Å²) in [5, 5.41) is 0. The van der Waals surface area contributed by atoms with Gasteiger partial charge in [0.05, 0.1) is 0 Å². The van der Waals surface area contributed by atoms with Gasteiger partial charge in [-0.15, -0.1) is 0 Å². The van der Waals surface area contributed by atoms with Gasteiger partial charge in [0.15, 0.2) is 0 Å². The van der Waals surface area contributed by atoms with Crippen molar-refractivity contribution >= 4 is 5.69 Å². The lowest BCUT2D eigenvalue weighted by atomic mass is 10.1. The smallest absolute Gasteiger partial charge is 0.123 e. The molecule has 0 saturated carbocycles. The van der Waals surface area contributed by atoms with Crippen molar-refractivity contribution in [1.82, 2.24) is 4.98 Å². The number of anilines is 1. The fraction of sp³-hybridized carbons (Fsp3) is 0.353. The summed E-state index contributed by atoms with van der Waals surface area (Å²) in [4.78, 5) is 6.51. The summed E-state index contributed by atoms with van der Waals surface area (Å²) in [5.74, 6) is 0.514. The van der Waals surface area contributed by atoms with Gasteiger partial charge in [-0.2, -0.15) is 0 Å². The monoisotopic (exact) mass is 286 g/mol. The molecule has 2 heterocycles. The van der Waals surface area contributed by atoms with Gasteiger partial charge in [-0.3, -0.25) is 4.98 Å². The Morgan fingerprint density at radius 3 is 2.52 bits per heavy atom. The van der Waals surface area contributed by atoms with Crippen molar-refractivity contribution in [3.63, 3.8) is 0 Å². The molecule has 3 nitrogen and oxygen atoms in total. The van der Waals surface area contributed by atoms with Crippen molar-refractivity contribution in [2.24, 2.45) is 0 Å². The molecule has 2 aromatic rings. The van der Waals surface area contributed by atoms with Gasteiger partial charge in [-0.05, 0) is 42.8 Å². The first-order valence-electron chi connectivity index (χ1n) is 7.30. The number of piperidine rings is 1. The van der Waals surface area contributed by atoms with Gasteiger partial charge < -0.3 is 9.64 Å². The third-order valence-electron chi connectivity index (χ3n) is 3.89. The molecule has 3 rings (SSSR count). The van der Waals surface area contributed by atoms with Crippen LogP contribution in [0.5, 0.6) is 5.75 Å². The summed E-state index contributed by atoms with van der Waals surface area (Å²) in [6.07, 6.45) is 5.88. The van der Waals surface area contributed by atoms with Gasteiger partial charge in [0.2, 0.25) is 0 Å². The third kappa shape index (κ3) is 3.32. The van der Waals surface area contributed by atoms with Crippen LogP contribution in [-0.4, -0.2) is 24.2 Å². The molecule has 4 heteroatoms. The van der Waals surface area contributed by atoms with E-state index < -0.39 is 0 Å². The summed E-state index contributed by atoms with van der Waals surface area (Å²) in [5.41, 5.74) is 2.46. The number of hydrogen-bond donors (Lipinski definition) is 0. The zero-order valence-corrected chi connectivity index (χ0v) is 12.1. The molecule has 0 N–H and O–H groups in total. The summed E-state index contributed by atoms with van der Waals surface area (Å²) >= 11 is 0. The van der Waals surface area contributed by atoms with Crippen LogP contribution in [0.2, 0.25) is 0 Å². The second kappa shape index (κ2) is 6.12. The topological polar surface area (TPSA) is 25.4 Å². The van der Waals surface area contributed by atoms with Gasteiger partial charge in [-0.25, -0.2) is 4.39 Å². The van der Waals surface area contributed by atoms with E-state index in [0.29, 0.717) is 0 Å². The number of rotatable bonds is 3. The Morgan fingerprint density at radius 2 is 1.86 bits per heavy atom. The van der Waals surface area contributed by atoms with E-state index in [1.54, 1.807) is 12.1 Å². The third-order valence-corrected chi connectivity index (χ3v) is 3.89. The molecule has 0 aliphatic carbocycles. The van der Waals surface area contributed by atoms with Gasteiger partial charge >= 0.3 is 0 Å². The number of aryl methyl sites for hydroxylation is 1. The molecule has 110 valence electrons.